The van der Waals surface area contributed by atoms with Gasteiger partial charge in [-0.1, -0.05) is 0 Å². The molecule has 1 amide bonds. The topological polar surface area (TPSA) is 75.3 Å². The number of nitrogens with one attached hydrogen (secondary N) is 1. The molecule has 6 nitrogen and oxygen atoms in total. The molecule has 4 rings (SSSR count). The molecule has 0 saturated carbocycles. The van der Waals surface area contributed by atoms with Gasteiger partial charge in [0.05, 0.1) is 23.6 Å². The molecule has 2 aliphatic rings. The summed E-state index contributed by atoms with van der Waals surface area (Å²) in [5.74, 6) is -2.02. The van der Waals surface area contributed by atoms with E-state index in [2.05, 4.69) is 9.97 Å². The van der Waals surface area contributed by atoms with Crippen molar-refractivity contribution in [3.8, 4) is 0 Å². The van der Waals surface area contributed by atoms with E-state index in [9.17, 15) is 22.8 Å². The van der Waals surface area contributed by atoms with E-state index >= 15 is 0 Å². The number of esters is 1. The summed E-state index contributed by atoms with van der Waals surface area (Å²) in [4.78, 5) is 31.3. The van der Waals surface area contributed by atoms with E-state index in [1.54, 1.807) is 0 Å². The number of nitrogens with zero attached hydrogens (tertiary/aromatic N) is 2. The SMILES string of the molecule is O=C1OC[C@H]2CN(C(=O)c3ccc4nc(C(F)(F)F)[nH]c4c3)C[C@@H]12. The number of carbonyl (C=O) groups excluding carboxylic acids is 2. The fourth-order valence-electron chi connectivity index (χ4n) is 3.23. The minimum atomic E-state index is -4.57. The zero-order valence-corrected chi connectivity index (χ0v) is 12.3. The summed E-state index contributed by atoms with van der Waals surface area (Å²) in [5.41, 5.74) is 0.543. The summed E-state index contributed by atoms with van der Waals surface area (Å²) in [6.45, 7) is 0.989. The summed E-state index contributed by atoms with van der Waals surface area (Å²) in [5, 5.41) is 0. The van der Waals surface area contributed by atoms with Crippen LogP contribution in [0.25, 0.3) is 11.0 Å². The highest BCUT2D eigenvalue weighted by Gasteiger charge is 2.45. The number of cyclic esters (lactones) is 1. The van der Waals surface area contributed by atoms with Crippen molar-refractivity contribution in [2.75, 3.05) is 19.7 Å². The van der Waals surface area contributed by atoms with Crippen LogP contribution >= 0.6 is 0 Å². The van der Waals surface area contributed by atoms with Crippen LogP contribution in [-0.2, 0) is 15.7 Å². The Hall–Kier alpha value is -2.58. The molecule has 1 aromatic carbocycles. The van der Waals surface area contributed by atoms with Crippen LogP contribution in [0.2, 0.25) is 0 Å². The molecule has 0 radical (unpaired) electrons. The van der Waals surface area contributed by atoms with Crippen LogP contribution in [0.5, 0.6) is 0 Å². The van der Waals surface area contributed by atoms with Gasteiger partial charge in [-0.3, -0.25) is 9.59 Å². The van der Waals surface area contributed by atoms with Crippen LogP contribution in [0.4, 0.5) is 13.2 Å². The number of aromatic amines is 1. The molecule has 2 aromatic rings. The van der Waals surface area contributed by atoms with Crippen molar-refractivity contribution in [2.45, 2.75) is 6.18 Å². The lowest BCUT2D eigenvalue weighted by molar-refractivity contribution is -0.144. The normalized spacial score (nSPS) is 23.6. The second kappa shape index (κ2) is 4.96. The van der Waals surface area contributed by atoms with Crippen molar-refractivity contribution in [1.82, 2.24) is 14.9 Å². The lowest BCUT2D eigenvalue weighted by Crippen LogP contribution is -2.30. The highest BCUT2D eigenvalue weighted by molar-refractivity contribution is 5.98. The predicted molar refractivity (Wildman–Crippen MR) is 74.9 cm³/mol. The summed E-state index contributed by atoms with van der Waals surface area (Å²) >= 11 is 0. The van der Waals surface area contributed by atoms with Gasteiger partial charge in [-0.05, 0) is 18.2 Å². The van der Waals surface area contributed by atoms with Gasteiger partial charge in [0.15, 0.2) is 0 Å². The third-order valence-corrected chi connectivity index (χ3v) is 4.47. The number of likely N-dealkylation sites (tertiary alicyclic amines) is 1. The van der Waals surface area contributed by atoms with Crippen LogP contribution in [0.3, 0.4) is 0 Å². The first-order valence-electron chi connectivity index (χ1n) is 7.36. The summed E-state index contributed by atoms with van der Waals surface area (Å²) in [7, 11) is 0. The molecule has 24 heavy (non-hydrogen) atoms. The third-order valence-electron chi connectivity index (χ3n) is 4.47. The zero-order chi connectivity index (χ0) is 17.1. The molecule has 0 spiro atoms. The van der Waals surface area contributed by atoms with Gasteiger partial charge in [0.1, 0.15) is 0 Å². The van der Waals surface area contributed by atoms with E-state index in [-0.39, 0.29) is 46.9 Å². The first-order chi connectivity index (χ1) is 11.3. The van der Waals surface area contributed by atoms with Gasteiger partial charge in [-0.15, -0.1) is 0 Å². The fraction of sp³-hybridized carbons (Fsp3) is 0.400. The maximum absolute atomic E-state index is 12.7. The number of ether oxygens (including phenoxy) is 1. The van der Waals surface area contributed by atoms with E-state index in [1.165, 1.54) is 23.1 Å². The molecule has 0 bridgehead atoms. The molecule has 2 fully saturated rings. The average Bonchev–Trinajstić information content (AvgIpc) is 3.20. The summed E-state index contributed by atoms with van der Waals surface area (Å²) in [6.07, 6.45) is -4.57. The van der Waals surface area contributed by atoms with E-state index in [4.69, 9.17) is 4.74 Å². The molecule has 2 atom stereocenters. The second-order valence-electron chi connectivity index (χ2n) is 6.02. The van der Waals surface area contributed by atoms with Gasteiger partial charge in [-0.2, -0.15) is 13.2 Å². The van der Waals surface area contributed by atoms with Gasteiger partial charge < -0.3 is 14.6 Å². The van der Waals surface area contributed by atoms with E-state index in [1.807, 2.05) is 0 Å². The van der Waals surface area contributed by atoms with E-state index in [0.717, 1.165) is 0 Å². The Morgan fingerprint density at radius 2 is 2.12 bits per heavy atom. The van der Waals surface area contributed by atoms with Crippen LogP contribution in [0.15, 0.2) is 18.2 Å². The first-order valence-corrected chi connectivity index (χ1v) is 7.36. The van der Waals surface area contributed by atoms with Gasteiger partial charge in [0, 0.05) is 24.6 Å². The molecule has 9 heteroatoms. The van der Waals surface area contributed by atoms with Crippen LogP contribution in [-0.4, -0.2) is 46.4 Å². The Balaban J connectivity index is 1.60. The van der Waals surface area contributed by atoms with Crippen molar-refractivity contribution in [3.05, 3.63) is 29.6 Å². The Morgan fingerprint density at radius 1 is 1.33 bits per heavy atom. The monoisotopic (exact) mass is 339 g/mol. The highest BCUT2D eigenvalue weighted by atomic mass is 19.4. The minimum Gasteiger partial charge on any atom is -0.465 e. The van der Waals surface area contributed by atoms with E-state index in [0.29, 0.717) is 13.2 Å². The third kappa shape index (κ3) is 2.31. The molecule has 0 aliphatic carbocycles. The lowest BCUT2D eigenvalue weighted by Gasteiger charge is -2.17. The average molecular weight is 339 g/mol. The Labute approximate surface area is 133 Å². The second-order valence-corrected chi connectivity index (χ2v) is 6.02. The first kappa shape index (κ1) is 15.0. The molecule has 0 unspecified atom stereocenters. The zero-order valence-electron chi connectivity index (χ0n) is 12.3. The van der Waals surface area contributed by atoms with Crippen LogP contribution in [0, 0.1) is 11.8 Å². The van der Waals surface area contributed by atoms with Gasteiger partial charge in [-0.25, -0.2) is 4.98 Å². The molecule has 3 heterocycles. The number of alkyl halides is 3. The maximum atomic E-state index is 12.7. The van der Waals surface area contributed by atoms with Crippen molar-refractivity contribution < 1.29 is 27.5 Å². The number of aromatic nitrogens is 2. The van der Waals surface area contributed by atoms with Gasteiger partial charge >= 0.3 is 12.1 Å². The standard InChI is InChI=1S/C15H12F3N3O3/c16-15(17,18)14-19-10-2-1-7(3-11(10)20-14)12(22)21-4-8-6-24-13(23)9(8)5-21/h1-3,8-9H,4-6H2,(H,19,20)/t8-,9-/m1/s1. The molecule has 2 aliphatic heterocycles. The number of rotatable bonds is 1. The number of halogens is 3. The van der Waals surface area contributed by atoms with Crippen molar-refractivity contribution in [3.63, 3.8) is 0 Å². The van der Waals surface area contributed by atoms with Gasteiger partial charge in [0.2, 0.25) is 5.82 Å². The Kier molecular flexibility index (Phi) is 3.09. The number of hydrogen-bond acceptors (Lipinski definition) is 4. The number of imidazole rings is 1. The molecule has 1 N–H and O–H groups in total. The number of hydrogen-bond donors (Lipinski definition) is 1. The van der Waals surface area contributed by atoms with Crippen LogP contribution in [0.1, 0.15) is 16.2 Å². The minimum absolute atomic E-state index is 0.00540. The fourth-order valence-corrected chi connectivity index (χ4v) is 3.23. The Bertz CT molecular complexity index is 845. The van der Waals surface area contributed by atoms with Crippen molar-refractivity contribution in [2.24, 2.45) is 11.8 Å². The maximum Gasteiger partial charge on any atom is 0.449 e. The number of H-pyrrole nitrogens is 1. The number of fused-ring (bicyclic) bond motifs is 2. The molecule has 2 saturated heterocycles. The van der Waals surface area contributed by atoms with Crippen molar-refractivity contribution in [1.29, 1.82) is 0 Å². The quantitative estimate of drug-likeness (QED) is 0.805. The smallest absolute Gasteiger partial charge is 0.449 e. The predicted octanol–water partition coefficient (Wildman–Crippen LogP) is 1.83. The Morgan fingerprint density at radius 3 is 2.83 bits per heavy atom. The van der Waals surface area contributed by atoms with Crippen LogP contribution < -0.4 is 0 Å². The van der Waals surface area contributed by atoms with E-state index < -0.39 is 12.0 Å². The molecule has 1 aromatic heterocycles. The summed E-state index contributed by atoms with van der Waals surface area (Å²) in [6, 6.07) is 4.17. The number of carbonyl (C=O) groups is 2. The highest BCUT2D eigenvalue weighted by Crippen LogP contribution is 2.32. The molecule has 126 valence electrons. The number of amides is 1. The number of benzene rings is 1. The van der Waals surface area contributed by atoms with Gasteiger partial charge in [0.25, 0.3) is 5.91 Å². The largest absolute Gasteiger partial charge is 0.465 e. The van der Waals surface area contributed by atoms with Crippen molar-refractivity contribution >= 4 is 22.9 Å². The lowest BCUT2D eigenvalue weighted by atomic mass is 10.0. The molecular weight excluding hydrogens is 327 g/mol. The summed E-state index contributed by atoms with van der Waals surface area (Å²) < 4.78 is 43.0. The molecular formula is C15H12F3N3O3.